The van der Waals surface area contributed by atoms with Crippen LogP contribution < -0.4 is 10.6 Å². The predicted molar refractivity (Wildman–Crippen MR) is 65.1 cm³/mol. The van der Waals surface area contributed by atoms with Crippen molar-refractivity contribution in [2.24, 2.45) is 0 Å². The Labute approximate surface area is 99.8 Å². The van der Waals surface area contributed by atoms with Crippen LogP contribution in [0.1, 0.15) is 24.2 Å². The molecule has 0 radical (unpaired) electrons. The van der Waals surface area contributed by atoms with Gasteiger partial charge < -0.3 is 15.7 Å². The third kappa shape index (κ3) is 4.24. The van der Waals surface area contributed by atoms with Gasteiger partial charge in [0.1, 0.15) is 0 Å². The van der Waals surface area contributed by atoms with Gasteiger partial charge in [-0.2, -0.15) is 0 Å². The van der Waals surface area contributed by atoms with Crippen LogP contribution in [0.3, 0.4) is 0 Å². The minimum atomic E-state index is -0.387. The summed E-state index contributed by atoms with van der Waals surface area (Å²) in [5.41, 5.74) is 1.19. The minimum absolute atomic E-state index is 0.0186. The molecule has 1 aromatic carbocycles. The van der Waals surface area contributed by atoms with Crippen LogP contribution in [0.4, 0.5) is 10.5 Å². The molecule has 0 aromatic heterocycles. The van der Waals surface area contributed by atoms with E-state index in [1.165, 1.54) is 6.92 Å². The van der Waals surface area contributed by atoms with E-state index >= 15 is 0 Å². The Balaban J connectivity index is 2.57. The van der Waals surface area contributed by atoms with Gasteiger partial charge in [-0.1, -0.05) is 0 Å². The number of carbonyl (C=O) groups is 2. The normalized spacial score (nSPS) is 11.7. The summed E-state index contributed by atoms with van der Waals surface area (Å²) in [6, 6.07) is 5.91. The topological polar surface area (TPSA) is 78.4 Å². The molecule has 0 unspecified atom stereocenters. The molecule has 0 aliphatic heterocycles. The number of anilines is 1. The Bertz CT molecular complexity index is 401. The Morgan fingerprint density at radius 1 is 1.29 bits per heavy atom. The smallest absolute Gasteiger partial charge is 0.319 e. The van der Waals surface area contributed by atoms with E-state index in [0.717, 1.165) is 0 Å². The summed E-state index contributed by atoms with van der Waals surface area (Å²) in [6.45, 7) is 3.06. The summed E-state index contributed by atoms with van der Waals surface area (Å²) < 4.78 is 0. The zero-order valence-corrected chi connectivity index (χ0v) is 9.86. The largest absolute Gasteiger partial charge is 0.394 e. The zero-order valence-electron chi connectivity index (χ0n) is 9.86. The molecule has 0 aliphatic carbocycles. The first-order valence-electron chi connectivity index (χ1n) is 5.32. The SMILES string of the molecule is CC(=O)c1ccc(NC(=O)N[C@@H](C)CO)cc1. The number of hydrogen-bond acceptors (Lipinski definition) is 3. The summed E-state index contributed by atoms with van der Waals surface area (Å²) in [5, 5.41) is 13.9. The van der Waals surface area contributed by atoms with Gasteiger partial charge in [0.25, 0.3) is 0 Å². The van der Waals surface area contributed by atoms with Gasteiger partial charge in [-0.3, -0.25) is 4.79 Å². The maximum Gasteiger partial charge on any atom is 0.319 e. The maximum atomic E-state index is 11.4. The van der Waals surface area contributed by atoms with Crippen molar-refractivity contribution in [3.05, 3.63) is 29.8 Å². The number of hydrogen-bond donors (Lipinski definition) is 3. The van der Waals surface area contributed by atoms with E-state index in [0.29, 0.717) is 11.3 Å². The first-order chi connectivity index (χ1) is 8.02. The Morgan fingerprint density at radius 2 is 1.88 bits per heavy atom. The third-order valence-electron chi connectivity index (χ3n) is 2.20. The average Bonchev–Trinajstić information content (AvgIpc) is 2.29. The second-order valence-electron chi connectivity index (χ2n) is 3.82. The lowest BCUT2D eigenvalue weighted by atomic mass is 10.1. The molecule has 0 fully saturated rings. The second kappa shape index (κ2) is 6.00. The molecule has 5 heteroatoms. The molecule has 17 heavy (non-hydrogen) atoms. The summed E-state index contributed by atoms with van der Waals surface area (Å²) in [7, 11) is 0. The fourth-order valence-corrected chi connectivity index (χ4v) is 1.22. The van der Waals surface area contributed by atoms with E-state index < -0.39 is 0 Å². The standard InChI is InChI=1S/C12H16N2O3/c1-8(7-15)13-12(17)14-11-5-3-10(4-6-11)9(2)16/h3-6,8,15H,7H2,1-2H3,(H2,13,14,17)/t8-/m0/s1. The number of aliphatic hydroxyl groups is 1. The van der Waals surface area contributed by atoms with Crippen LogP contribution in [0, 0.1) is 0 Å². The molecule has 1 atom stereocenters. The van der Waals surface area contributed by atoms with E-state index in [1.54, 1.807) is 31.2 Å². The summed E-state index contributed by atoms with van der Waals surface area (Å²) in [5.74, 6) is -0.0186. The monoisotopic (exact) mass is 236 g/mol. The highest BCUT2D eigenvalue weighted by Crippen LogP contribution is 2.09. The van der Waals surface area contributed by atoms with Crippen LogP contribution in [0.15, 0.2) is 24.3 Å². The van der Waals surface area contributed by atoms with Crippen molar-refractivity contribution in [1.29, 1.82) is 0 Å². The van der Waals surface area contributed by atoms with Crippen molar-refractivity contribution >= 4 is 17.5 Å². The van der Waals surface area contributed by atoms with E-state index in [-0.39, 0.29) is 24.5 Å². The van der Waals surface area contributed by atoms with Crippen molar-refractivity contribution in [2.75, 3.05) is 11.9 Å². The van der Waals surface area contributed by atoms with E-state index in [1.807, 2.05) is 0 Å². The summed E-state index contributed by atoms with van der Waals surface area (Å²) in [6.07, 6.45) is 0. The van der Waals surface area contributed by atoms with E-state index in [9.17, 15) is 9.59 Å². The van der Waals surface area contributed by atoms with Gasteiger partial charge in [-0.05, 0) is 38.1 Å². The van der Waals surface area contributed by atoms with Gasteiger partial charge >= 0.3 is 6.03 Å². The molecular formula is C12H16N2O3. The van der Waals surface area contributed by atoms with Crippen LogP contribution in [0.25, 0.3) is 0 Å². The molecule has 92 valence electrons. The average molecular weight is 236 g/mol. The van der Waals surface area contributed by atoms with Gasteiger partial charge in [0.15, 0.2) is 5.78 Å². The van der Waals surface area contributed by atoms with Crippen LogP contribution in [-0.4, -0.2) is 29.6 Å². The van der Waals surface area contributed by atoms with Crippen molar-refractivity contribution < 1.29 is 14.7 Å². The molecule has 0 bridgehead atoms. The Morgan fingerprint density at radius 3 is 2.35 bits per heavy atom. The van der Waals surface area contributed by atoms with Crippen molar-refractivity contribution in [3.63, 3.8) is 0 Å². The number of amides is 2. The maximum absolute atomic E-state index is 11.4. The van der Waals surface area contributed by atoms with Crippen molar-refractivity contribution in [2.45, 2.75) is 19.9 Å². The van der Waals surface area contributed by atoms with Crippen molar-refractivity contribution in [1.82, 2.24) is 5.32 Å². The number of benzene rings is 1. The predicted octanol–water partition coefficient (Wildman–Crippen LogP) is 1.39. The highest BCUT2D eigenvalue weighted by atomic mass is 16.3. The second-order valence-corrected chi connectivity index (χ2v) is 3.82. The Hall–Kier alpha value is -1.88. The number of rotatable bonds is 4. The highest BCUT2D eigenvalue weighted by molar-refractivity contribution is 5.95. The van der Waals surface area contributed by atoms with Crippen molar-refractivity contribution in [3.8, 4) is 0 Å². The molecule has 0 saturated carbocycles. The van der Waals surface area contributed by atoms with Gasteiger partial charge in [0.2, 0.25) is 0 Å². The molecule has 1 aromatic rings. The Kier molecular flexibility index (Phi) is 4.66. The molecule has 0 aliphatic rings. The van der Waals surface area contributed by atoms with Gasteiger partial charge in [0, 0.05) is 11.3 Å². The molecule has 5 nitrogen and oxygen atoms in total. The van der Waals surface area contributed by atoms with Gasteiger partial charge in [0.05, 0.1) is 12.6 Å². The van der Waals surface area contributed by atoms with Crippen LogP contribution >= 0.6 is 0 Å². The number of aliphatic hydroxyl groups excluding tert-OH is 1. The molecule has 1 rings (SSSR count). The number of Topliss-reactive ketones (excluding diaryl/α,β-unsaturated/α-hetero) is 1. The lowest BCUT2D eigenvalue weighted by Gasteiger charge is -2.12. The molecule has 0 saturated heterocycles. The molecule has 3 N–H and O–H groups in total. The third-order valence-corrected chi connectivity index (χ3v) is 2.20. The summed E-state index contributed by atoms with van der Waals surface area (Å²) >= 11 is 0. The number of ketones is 1. The lowest BCUT2D eigenvalue weighted by Crippen LogP contribution is -2.38. The minimum Gasteiger partial charge on any atom is -0.394 e. The zero-order chi connectivity index (χ0) is 12.8. The highest BCUT2D eigenvalue weighted by Gasteiger charge is 2.06. The van der Waals surface area contributed by atoms with E-state index in [4.69, 9.17) is 5.11 Å². The molecule has 0 heterocycles. The van der Waals surface area contributed by atoms with Crippen LogP contribution in [0.2, 0.25) is 0 Å². The molecule has 2 amide bonds. The number of carbonyl (C=O) groups excluding carboxylic acids is 2. The first-order valence-corrected chi connectivity index (χ1v) is 5.32. The van der Waals surface area contributed by atoms with Crippen LogP contribution in [0.5, 0.6) is 0 Å². The first kappa shape index (κ1) is 13.2. The fraction of sp³-hybridized carbons (Fsp3) is 0.333. The summed E-state index contributed by atoms with van der Waals surface area (Å²) in [4.78, 5) is 22.4. The van der Waals surface area contributed by atoms with Gasteiger partial charge in [-0.25, -0.2) is 4.79 Å². The number of urea groups is 1. The van der Waals surface area contributed by atoms with Gasteiger partial charge in [-0.15, -0.1) is 0 Å². The fourth-order valence-electron chi connectivity index (χ4n) is 1.22. The number of nitrogens with one attached hydrogen (secondary N) is 2. The van der Waals surface area contributed by atoms with Crippen LogP contribution in [-0.2, 0) is 0 Å². The quantitative estimate of drug-likeness (QED) is 0.691. The molecular weight excluding hydrogens is 220 g/mol. The lowest BCUT2D eigenvalue weighted by molar-refractivity contribution is 0.101. The molecule has 0 spiro atoms. The van der Waals surface area contributed by atoms with E-state index in [2.05, 4.69) is 10.6 Å².